The quantitative estimate of drug-likeness (QED) is 0.671. The van der Waals surface area contributed by atoms with E-state index in [1.165, 1.54) is 0 Å². The molecule has 0 spiro atoms. The molecule has 3 atom stereocenters. The van der Waals surface area contributed by atoms with Crippen molar-refractivity contribution in [2.24, 2.45) is 5.92 Å². The smallest absolute Gasteiger partial charge is 0.323 e. The lowest BCUT2D eigenvalue weighted by atomic mass is 9.84. The molecular formula is C23H22F4N2O2. The second-order valence-corrected chi connectivity index (χ2v) is 8.12. The third-order valence-electron chi connectivity index (χ3n) is 6.20. The van der Waals surface area contributed by atoms with Crippen molar-refractivity contribution in [2.45, 2.75) is 50.4 Å². The first-order chi connectivity index (χ1) is 14.8. The summed E-state index contributed by atoms with van der Waals surface area (Å²) in [5.74, 6) is -1.78. The molecule has 0 aromatic heterocycles. The fourth-order valence-corrected chi connectivity index (χ4v) is 4.73. The van der Waals surface area contributed by atoms with Gasteiger partial charge in [0.2, 0.25) is 5.91 Å². The van der Waals surface area contributed by atoms with Crippen molar-refractivity contribution < 1.29 is 27.2 Å². The van der Waals surface area contributed by atoms with E-state index in [1.807, 2.05) is 0 Å². The fraction of sp³-hybridized carbons (Fsp3) is 0.391. The van der Waals surface area contributed by atoms with Gasteiger partial charge in [0.25, 0.3) is 5.91 Å². The highest BCUT2D eigenvalue weighted by atomic mass is 19.4. The first-order valence-electron chi connectivity index (χ1n) is 10.3. The lowest BCUT2D eigenvalue weighted by molar-refractivity contribution is -0.137. The number of benzene rings is 2. The highest BCUT2D eigenvalue weighted by Gasteiger charge is 2.47. The minimum atomic E-state index is -4.66. The van der Waals surface area contributed by atoms with E-state index in [0.717, 1.165) is 25.7 Å². The van der Waals surface area contributed by atoms with Gasteiger partial charge in [-0.2, -0.15) is 13.2 Å². The van der Waals surface area contributed by atoms with Gasteiger partial charge in [0, 0.05) is 11.6 Å². The number of carbonyl (C=O) groups excluding carboxylic acids is 2. The van der Waals surface area contributed by atoms with Crippen molar-refractivity contribution in [1.29, 1.82) is 0 Å². The highest BCUT2D eigenvalue weighted by Crippen LogP contribution is 2.41. The summed E-state index contributed by atoms with van der Waals surface area (Å²) in [5.41, 5.74) is -1.15. The van der Waals surface area contributed by atoms with Gasteiger partial charge in [-0.3, -0.25) is 9.59 Å². The number of rotatable bonds is 3. The van der Waals surface area contributed by atoms with Crippen molar-refractivity contribution in [1.82, 2.24) is 4.90 Å². The van der Waals surface area contributed by atoms with E-state index in [9.17, 15) is 27.2 Å². The zero-order valence-electron chi connectivity index (χ0n) is 16.7. The Bertz CT molecular complexity index is 977. The summed E-state index contributed by atoms with van der Waals surface area (Å²) in [6.07, 6.45) is -0.655. The van der Waals surface area contributed by atoms with Gasteiger partial charge in [0.15, 0.2) is 0 Å². The molecule has 2 aromatic rings. The third kappa shape index (κ3) is 4.29. The van der Waals surface area contributed by atoms with Crippen LogP contribution in [0.2, 0.25) is 0 Å². The number of carbonyl (C=O) groups is 2. The molecule has 2 fully saturated rings. The Morgan fingerprint density at radius 1 is 1.00 bits per heavy atom. The molecule has 0 radical (unpaired) electrons. The Hall–Kier alpha value is -2.90. The van der Waals surface area contributed by atoms with Gasteiger partial charge in [-0.1, -0.05) is 31.0 Å². The maximum atomic E-state index is 14.2. The zero-order valence-corrected chi connectivity index (χ0v) is 16.7. The molecule has 8 heteroatoms. The lowest BCUT2D eigenvalue weighted by Gasteiger charge is -2.33. The minimum absolute atomic E-state index is 0.108. The number of alkyl halides is 3. The van der Waals surface area contributed by atoms with E-state index in [-0.39, 0.29) is 17.9 Å². The predicted octanol–water partition coefficient (Wildman–Crippen LogP) is 5.26. The first kappa shape index (κ1) is 21.3. The second kappa shape index (κ2) is 8.32. The molecular weight excluding hydrogens is 412 g/mol. The van der Waals surface area contributed by atoms with Crippen LogP contribution in [0, 0.1) is 11.7 Å². The maximum absolute atomic E-state index is 14.2. The summed E-state index contributed by atoms with van der Waals surface area (Å²) >= 11 is 0. The molecule has 0 unspecified atom stereocenters. The van der Waals surface area contributed by atoms with Gasteiger partial charge < -0.3 is 10.2 Å². The molecule has 1 N–H and O–H groups in total. The third-order valence-corrected chi connectivity index (χ3v) is 6.20. The summed E-state index contributed by atoms with van der Waals surface area (Å²) in [4.78, 5) is 27.9. The molecule has 1 aliphatic heterocycles. The van der Waals surface area contributed by atoms with Gasteiger partial charge in [-0.05, 0) is 55.5 Å². The van der Waals surface area contributed by atoms with Gasteiger partial charge in [-0.15, -0.1) is 0 Å². The van der Waals surface area contributed by atoms with E-state index >= 15 is 0 Å². The molecule has 4 rings (SSSR count). The highest BCUT2D eigenvalue weighted by molar-refractivity contribution is 6.02. The molecule has 164 valence electrons. The minimum Gasteiger partial charge on any atom is -0.323 e. The molecule has 2 aliphatic rings. The van der Waals surface area contributed by atoms with Crippen LogP contribution in [-0.4, -0.2) is 28.8 Å². The van der Waals surface area contributed by atoms with Crippen LogP contribution in [0.4, 0.5) is 23.2 Å². The molecule has 0 bridgehead atoms. The van der Waals surface area contributed by atoms with Crippen molar-refractivity contribution in [3.63, 3.8) is 0 Å². The Balaban J connectivity index is 1.62. The number of nitrogens with one attached hydrogen (secondary N) is 1. The molecule has 1 saturated heterocycles. The van der Waals surface area contributed by atoms with Crippen LogP contribution in [0.15, 0.2) is 48.5 Å². The van der Waals surface area contributed by atoms with E-state index in [2.05, 4.69) is 5.32 Å². The monoisotopic (exact) mass is 434 g/mol. The van der Waals surface area contributed by atoms with Gasteiger partial charge in [0.05, 0.1) is 11.3 Å². The van der Waals surface area contributed by atoms with Crippen LogP contribution in [0.1, 0.15) is 48.0 Å². The normalized spacial score (nSPS) is 23.4. The summed E-state index contributed by atoms with van der Waals surface area (Å²) in [6.45, 7) is 0. The van der Waals surface area contributed by atoms with Crippen molar-refractivity contribution >= 4 is 17.5 Å². The standard InChI is InChI=1S/C23H22F4N2O2/c24-17-11-10-16(23(25,26)27)13-18(17)28-21(30)20-12-15-8-4-5-9-19(15)29(20)22(31)14-6-2-1-3-7-14/h1-3,6-7,10-11,13,15,19-20H,4-5,8-9,12H2,(H,28,30)/t15-,19-,20-/m0/s1. The van der Waals surface area contributed by atoms with Gasteiger partial charge >= 0.3 is 6.18 Å². The Morgan fingerprint density at radius 3 is 2.42 bits per heavy atom. The number of fused-ring (bicyclic) bond motifs is 1. The molecule has 2 aromatic carbocycles. The Morgan fingerprint density at radius 2 is 1.71 bits per heavy atom. The summed E-state index contributed by atoms with van der Waals surface area (Å²) in [7, 11) is 0. The van der Waals surface area contributed by atoms with E-state index in [0.29, 0.717) is 30.2 Å². The maximum Gasteiger partial charge on any atom is 0.416 e. The summed E-state index contributed by atoms with van der Waals surface area (Å²) in [6, 6.07) is 9.49. The molecule has 1 aliphatic carbocycles. The van der Waals surface area contributed by atoms with E-state index in [4.69, 9.17) is 0 Å². The molecule has 31 heavy (non-hydrogen) atoms. The number of likely N-dealkylation sites (tertiary alicyclic amines) is 1. The largest absolute Gasteiger partial charge is 0.416 e. The number of hydrogen-bond donors (Lipinski definition) is 1. The fourth-order valence-electron chi connectivity index (χ4n) is 4.73. The van der Waals surface area contributed by atoms with Crippen LogP contribution in [0.3, 0.4) is 0 Å². The Labute approximate surface area is 177 Å². The number of amides is 2. The van der Waals surface area contributed by atoms with E-state index in [1.54, 1.807) is 35.2 Å². The lowest BCUT2D eigenvalue weighted by Crippen LogP contribution is -2.47. The van der Waals surface area contributed by atoms with Crippen molar-refractivity contribution in [3.8, 4) is 0 Å². The number of anilines is 1. The van der Waals surface area contributed by atoms with Crippen LogP contribution in [0.5, 0.6) is 0 Å². The Kier molecular flexibility index (Phi) is 5.73. The molecule has 2 amide bonds. The average Bonchev–Trinajstić information content (AvgIpc) is 3.14. The van der Waals surface area contributed by atoms with Crippen LogP contribution >= 0.6 is 0 Å². The number of halogens is 4. The summed E-state index contributed by atoms with van der Waals surface area (Å²) < 4.78 is 53.2. The number of hydrogen-bond acceptors (Lipinski definition) is 2. The van der Waals surface area contributed by atoms with Crippen molar-refractivity contribution in [3.05, 3.63) is 65.5 Å². The first-order valence-corrected chi connectivity index (χ1v) is 10.3. The zero-order chi connectivity index (χ0) is 22.2. The van der Waals surface area contributed by atoms with Crippen LogP contribution in [0.25, 0.3) is 0 Å². The van der Waals surface area contributed by atoms with Gasteiger partial charge in [0.1, 0.15) is 11.9 Å². The molecule has 1 heterocycles. The summed E-state index contributed by atoms with van der Waals surface area (Å²) in [5, 5.41) is 2.30. The molecule has 1 saturated carbocycles. The second-order valence-electron chi connectivity index (χ2n) is 8.12. The predicted molar refractivity (Wildman–Crippen MR) is 107 cm³/mol. The SMILES string of the molecule is O=C(Nc1cc(C(F)(F)F)ccc1F)[C@@H]1C[C@@H]2CCCC[C@@H]2N1C(=O)c1ccccc1. The van der Waals surface area contributed by atoms with E-state index < -0.39 is 35.2 Å². The topological polar surface area (TPSA) is 49.4 Å². The molecule has 4 nitrogen and oxygen atoms in total. The van der Waals surface area contributed by atoms with Gasteiger partial charge in [-0.25, -0.2) is 4.39 Å². The van der Waals surface area contributed by atoms with Crippen molar-refractivity contribution in [2.75, 3.05) is 5.32 Å². The number of nitrogens with zero attached hydrogens (tertiary/aromatic N) is 1. The van der Waals surface area contributed by atoms with Crippen LogP contribution < -0.4 is 5.32 Å². The van der Waals surface area contributed by atoms with Crippen LogP contribution in [-0.2, 0) is 11.0 Å². The average molecular weight is 434 g/mol.